The van der Waals surface area contributed by atoms with Crippen molar-refractivity contribution in [3.8, 4) is 11.5 Å². The molecule has 0 bridgehead atoms. The van der Waals surface area contributed by atoms with Crippen LogP contribution < -0.4 is 20.1 Å². The molecule has 1 aromatic rings. The molecule has 1 aliphatic heterocycles. The lowest BCUT2D eigenvalue weighted by atomic mass is 10.1. The van der Waals surface area contributed by atoms with E-state index >= 15 is 0 Å². The normalized spacial score (nSPS) is 21.7. The van der Waals surface area contributed by atoms with Crippen molar-refractivity contribution in [3.05, 3.63) is 22.7 Å². The average molecular weight is 466 g/mol. The minimum atomic E-state index is 0. The number of halogens is 2. The summed E-state index contributed by atoms with van der Waals surface area (Å²) in [6.07, 6.45) is 2.04. The Morgan fingerprint density at radius 3 is 2.79 bits per heavy atom. The van der Waals surface area contributed by atoms with Crippen LogP contribution in [0.5, 0.6) is 11.5 Å². The third kappa shape index (κ3) is 5.05. The van der Waals surface area contributed by atoms with Crippen LogP contribution in [0.1, 0.15) is 25.8 Å². The van der Waals surface area contributed by atoms with Gasteiger partial charge in [0.15, 0.2) is 17.5 Å². The molecule has 1 saturated carbocycles. The number of nitrogens with zero attached hydrogens (tertiary/aromatic N) is 1. The van der Waals surface area contributed by atoms with Gasteiger partial charge in [-0.05, 0) is 43.4 Å². The Morgan fingerprint density at radius 2 is 2.08 bits per heavy atom. The van der Waals surface area contributed by atoms with Gasteiger partial charge in [-0.15, -0.1) is 24.0 Å². The van der Waals surface area contributed by atoms with E-state index in [0.29, 0.717) is 36.6 Å². The summed E-state index contributed by atoms with van der Waals surface area (Å²) in [5.74, 6) is 3.03. The Kier molecular flexibility index (Phi) is 7.28. The molecule has 0 amide bonds. The smallest absolute Gasteiger partial charge is 0.191 e. The molecule has 5 nitrogen and oxygen atoms in total. The number of hydrogen-bond acceptors (Lipinski definition) is 3. The number of guanidine groups is 1. The summed E-state index contributed by atoms with van der Waals surface area (Å²) in [5, 5.41) is 7.36. The van der Waals surface area contributed by atoms with Gasteiger partial charge in [0.1, 0.15) is 13.2 Å². The molecule has 1 heterocycles. The van der Waals surface area contributed by atoms with Crippen LogP contribution in [-0.2, 0) is 6.42 Å². The van der Waals surface area contributed by atoms with Crippen LogP contribution in [0.4, 0.5) is 0 Å². The number of nitrogens with one attached hydrogen (secondary N) is 2. The molecule has 134 valence electrons. The van der Waals surface area contributed by atoms with Crippen LogP contribution in [0.2, 0.25) is 5.02 Å². The Balaban J connectivity index is 0.00000208. The lowest BCUT2D eigenvalue weighted by Gasteiger charge is -2.20. The predicted molar refractivity (Wildman–Crippen MR) is 108 cm³/mol. The number of hydrogen-bond donors (Lipinski definition) is 2. The van der Waals surface area contributed by atoms with Crippen molar-refractivity contribution in [1.29, 1.82) is 0 Å². The number of rotatable bonds is 5. The molecule has 24 heavy (non-hydrogen) atoms. The fraction of sp³-hybridized carbons (Fsp3) is 0.588. The second-order valence-corrected chi connectivity index (χ2v) is 6.48. The summed E-state index contributed by atoms with van der Waals surface area (Å²) in [6.45, 7) is 7.01. The maximum atomic E-state index is 6.27. The van der Waals surface area contributed by atoms with Crippen molar-refractivity contribution in [1.82, 2.24) is 10.6 Å². The molecule has 0 spiro atoms. The minimum Gasteiger partial charge on any atom is -0.486 e. The van der Waals surface area contributed by atoms with Gasteiger partial charge < -0.3 is 20.1 Å². The van der Waals surface area contributed by atoms with Crippen LogP contribution >= 0.6 is 35.6 Å². The summed E-state index contributed by atoms with van der Waals surface area (Å²) in [7, 11) is 0. The molecular formula is C17H25ClIN3O2. The van der Waals surface area contributed by atoms with Gasteiger partial charge in [0.25, 0.3) is 0 Å². The summed E-state index contributed by atoms with van der Waals surface area (Å²) < 4.78 is 11.2. The highest BCUT2D eigenvalue weighted by Gasteiger charge is 2.33. The summed E-state index contributed by atoms with van der Waals surface area (Å²) in [4.78, 5) is 4.64. The summed E-state index contributed by atoms with van der Waals surface area (Å²) >= 11 is 6.27. The van der Waals surface area contributed by atoms with E-state index in [1.807, 2.05) is 12.1 Å². The van der Waals surface area contributed by atoms with Crippen LogP contribution in [-0.4, -0.2) is 38.3 Å². The molecule has 3 rings (SSSR count). The molecule has 1 fully saturated rings. The first-order valence-electron chi connectivity index (χ1n) is 8.30. The zero-order valence-electron chi connectivity index (χ0n) is 14.1. The van der Waals surface area contributed by atoms with E-state index in [0.717, 1.165) is 36.2 Å². The van der Waals surface area contributed by atoms with Gasteiger partial charge in [0.2, 0.25) is 0 Å². The number of ether oxygens (including phenoxy) is 2. The van der Waals surface area contributed by atoms with E-state index in [2.05, 4.69) is 29.5 Å². The average Bonchev–Trinajstić information content (AvgIpc) is 3.22. The van der Waals surface area contributed by atoms with E-state index in [1.165, 1.54) is 6.42 Å². The lowest BCUT2D eigenvalue weighted by molar-refractivity contribution is 0.171. The zero-order chi connectivity index (χ0) is 16.2. The molecule has 2 N–H and O–H groups in total. The van der Waals surface area contributed by atoms with Gasteiger partial charge in [0.05, 0.1) is 5.02 Å². The Bertz CT molecular complexity index is 597. The molecule has 2 aliphatic rings. The van der Waals surface area contributed by atoms with Crippen molar-refractivity contribution >= 4 is 41.5 Å². The molecule has 0 aromatic heterocycles. The molecule has 1 aliphatic carbocycles. The number of fused-ring (bicyclic) bond motifs is 1. The SMILES string of the molecule is CCNC(=NCCc1cc(Cl)c2c(c1)OCCO2)NC1CC1C.I. The molecule has 2 atom stereocenters. The van der Waals surface area contributed by atoms with Crippen molar-refractivity contribution in [2.45, 2.75) is 32.7 Å². The second kappa shape index (κ2) is 8.99. The third-order valence-electron chi connectivity index (χ3n) is 4.10. The highest BCUT2D eigenvalue weighted by atomic mass is 127. The molecule has 2 unspecified atom stereocenters. The summed E-state index contributed by atoms with van der Waals surface area (Å²) in [5.41, 5.74) is 1.11. The molecule has 0 saturated heterocycles. The largest absolute Gasteiger partial charge is 0.486 e. The molecule has 0 radical (unpaired) electrons. The monoisotopic (exact) mass is 465 g/mol. The van der Waals surface area contributed by atoms with Crippen molar-refractivity contribution < 1.29 is 9.47 Å². The Hall–Kier alpha value is -0.890. The van der Waals surface area contributed by atoms with Crippen LogP contribution in [0.15, 0.2) is 17.1 Å². The lowest BCUT2D eigenvalue weighted by Crippen LogP contribution is -2.39. The number of aliphatic imine (C=N–C) groups is 1. The van der Waals surface area contributed by atoms with E-state index in [-0.39, 0.29) is 24.0 Å². The van der Waals surface area contributed by atoms with E-state index < -0.39 is 0 Å². The van der Waals surface area contributed by atoms with Gasteiger partial charge in [0, 0.05) is 19.1 Å². The highest BCUT2D eigenvalue weighted by molar-refractivity contribution is 14.0. The quantitative estimate of drug-likeness (QED) is 0.398. The van der Waals surface area contributed by atoms with Crippen LogP contribution in [0.25, 0.3) is 0 Å². The molecular weight excluding hydrogens is 441 g/mol. The first kappa shape index (κ1) is 19.4. The van der Waals surface area contributed by atoms with Crippen molar-refractivity contribution in [2.75, 3.05) is 26.3 Å². The number of benzene rings is 1. The molecule has 7 heteroatoms. The predicted octanol–water partition coefficient (Wildman–Crippen LogP) is 3.24. The fourth-order valence-corrected chi connectivity index (χ4v) is 2.91. The van der Waals surface area contributed by atoms with Gasteiger partial charge >= 0.3 is 0 Å². The Morgan fingerprint density at radius 1 is 1.33 bits per heavy atom. The van der Waals surface area contributed by atoms with Gasteiger partial charge in [-0.1, -0.05) is 18.5 Å². The van der Waals surface area contributed by atoms with Gasteiger partial charge in [-0.25, -0.2) is 0 Å². The second-order valence-electron chi connectivity index (χ2n) is 6.08. The minimum absolute atomic E-state index is 0. The first-order valence-corrected chi connectivity index (χ1v) is 8.68. The zero-order valence-corrected chi connectivity index (χ0v) is 17.2. The van der Waals surface area contributed by atoms with Crippen molar-refractivity contribution in [2.24, 2.45) is 10.9 Å². The van der Waals surface area contributed by atoms with E-state index in [9.17, 15) is 0 Å². The summed E-state index contributed by atoms with van der Waals surface area (Å²) in [6, 6.07) is 4.50. The Labute approximate surface area is 165 Å². The fourth-order valence-electron chi connectivity index (χ4n) is 2.62. The van der Waals surface area contributed by atoms with Crippen molar-refractivity contribution in [3.63, 3.8) is 0 Å². The maximum absolute atomic E-state index is 6.27. The third-order valence-corrected chi connectivity index (χ3v) is 4.38. The molecule has 1 aromatic carbocycles. The van der Waals surface area contributed by atoms with Crippen LogP contribution in [0, 0.1) is 5.92 Å². The van der Waals surface area contributed by atoms with Gasteiger partial charge in [-0.3, -0.25) is 4.99 Å². The maximum Gasteiger partial charge on any atom is 0.191 e. The van der Waals surface area contributed by atoms with Crippen LogP contribution in [0.3, 0.4) is 0 Å². The van der Waals surface area contributed by atoms with E-state index in [4.69, 9.17) is 21.1 Å². The van der Waals surface area contributed by atoms with E-state index in [1.54, 1.807) is 0 Å². The highest BCUT2D eigenvalue weighted by Crippen LogP contribution is 2.38. The van der Waals surface area contributed by atoms with Gasteiger partial charge in [-0.2, -0.15) is 0 Å². The standard InChI is InChI=1S/C17H24ClN3O2.HI/c1-3-19-17(21-14-8-11(14)2)20-5-4-12-9-13(18)16-15(10-12)22-6-7-23-16;/h9-11,14H,3-8H2,1-2H3,(H2,19,20,21);1H. The topological polar surface area (TPSA) is 54.9 Å². The first-order chi connectivity index (χ1) is 11.2.